The van der Waals surface area contributed by atoms with Crippen LogP contribution in [0.4, 0.5) is 0 Å². The lowest BCUT2D eigenvalue weighted by Crippen LogP contribution is -2.27. The van der Waals surface area contributed by atoms with Crippen LogP contribution in [0, 0.1) is 6.92 Å². The van der Waals surface area contributed by atoms with Gasteiger partial charge in [-0.2, -0.15) is 5.10 Å². The van der Waals surface area contributed by atoms with Crippen molar-refractivity contribution in [3.63, 3.8) is 0 Å². The van der Waals surface area contributed by atoms with Crippen LogP contribution in [-0.2, 0) is 6.73 Å². The van der Waals surface area contributed by atoms with Crippen LogP contribution < -0.4 is 10.1 Å². The Kier molecular flexibility index (Phi) is 5.58. The minimum atomic E-state index is -0.220. The average Bonchev–Trinajstić information content (AvgIpc) is 3.12. The highest BCUT2D eigenvalue weighted by Gasteiger charge is 2.14. The van der Waals surface area contributed by atoms with E-state index in [1.807, 2.05) is 50.2 Å². The summed E-state index contributed by atoms with van der Waals surface area (Å²) in [4.78, 5) is 12.4. The first-order valence-electron chi connectivity index (χ1n) is 8.31. The van der Waals surface area contributed by atoms with Crippen molar-refractivity contribution in [2.75, 3.05) is 0 Å². The molecular weight excluding hydrogens is 350 g/mol. The van der Waals surface area contributed by atoms with Gasteiger partial charge in [-0.3, -0.25) is 4.79 Å². The normalized spacial score (nSPS) is 11.8. The largest absolute Gasteiger partial charge is 0.471 e. The Bertz CT molecular complexity index is 893. The van der Waals surface area contributed by atoms with E-state index < -0.39 is 0 Å². The SMILES string of the molecule is Cc1cc(OCn2ccc(C(=O)NC(C)c3ccccc3)n2)ccc1Cl. The van der Waals surface area contributed by atoms with Crippen molar-refractivity contribution in [3.8, 4) is 5.75 Å². The summed E-state index contributed by atoms with van der Waals surface area (Å²) in [7, 11) is 0. The molecule has 0 saturated carbocycles. The quantitative estimate of drug-likeness (QED) is 0.701. The molecule has 1 atom stereocenters. The van der Waals surface area contributed by atoms with E-state index in [1.165, 1.54) is 0 Å². The van der Waals surface area contributed by atoms with Gasteiger partial charge in [-0.05, 0) is 49.2 Å². The molecule has 1 unspecified atom stereocenters. The Morgan fingerprint density at radius 1 is 1.23 bits per heavy atom. The van der Waals surface area contributed by atoms with Gasteiger partial charge >= 0.3 is 0 Å². The Morgan fingerprint density at radius 3 is 2.73 bits per heavy atom. The van der Waals surface area contributed by atoms with Gasteiger partial charge in [0.05, 0.1) is 6.04 Å². The Hall–Kier alpha value is -2.79. The molecule has 1 N–H and O–H groups in total. The number of halogens is 1. The Morgan fingerprint density at radius 2 is 2.00 bits per heavy atom. The summed E-state index contributed by atoms with van der Waals surface area (Å²) in [6, 6.07) is 16.8. The summed E-state index contributed by atoms with van der Waals surface area (Å²) >= 11 is 6.00. The molecule has 3 rings (SSSR count). The molecule has 1 aromatic heterocycles. The molecule has 134 valence electrons. The van der Waals surface area contributed by atoms with Gasteiger partial charge in [0.1, 0.15) is 11.4 Å². The highest BCUT2D eigenvalue weighted by atomic mass is 35.5. The number of carbonyl (C=O) groups is 1. The van der Waals surface area contributed by atoms with Crippen LogP contribution in [0.2, 0.25) is 5.02 Å². The lowest BCUT2D eigenvalue weighted by Gasteiger charge is -2.13. The van der Waals surface area contributed by atoms with Gasteiger partial charge in [0.2, 0.25) is 0 Å². The Labute approximate surface area is 157 Å². The van der Waals surface area contributed by atoms with Crippen molar-refractivity contribution < 1.29 is 9.53 Å². The van der Waals surface area contributed by atoms with E-state index in [-0.39, 0.29) is 18.7 Å². The molecule has 5 nitrogen and oxygen atoms in total. The second kappa shape index (κ2) is 8.06. The third-order valence-electron chi connectivity index (χ3n) is 4.01. The molecule has 0 saturated heterocycles. The number of aryl methyl sites for hydroxylation is 1. The molecule has 0 aliphatic carbocycles. The molecule has 0 radical (unpaired) electrons. The van der Waals surface area contributed by atoms with Crippen molar-refractivity contribution in [2.24, 2.45) is 0 Å². The first-order chi connectivity index (χ1) is 12.5. The monoisotopic (exact) mass is 369 g/mol. The number of amides is 1. The van der Waals surface area contributed by atoms with E-state index >= 15 is 0 Å². The van der Waals surface area contributed by atoms with Crippen LogP contribution in [0.25, 0.3) is 0 Å². The smallest absolute Gasteiger partial charge is 0.272 e. The van der Waals surface area contributed by atoms with Gasteiger partial charge in [0.15, 0.2) is 6.73 Å². The zero-order chi connectivity index (χ0) is 18.5. The number of hydrogen-bond donors (Lipinski definition) is 1. The molecule has 1 heterocycles. The highest BCUT2D eigenvalue weighted by molar-refractivity contribution is 6.31. The molecule has 0 aliphatic heterocycles. The van der Waals surface area contributed by atoms with Crippen LogP contribution in [0.1, 0.15) is 34.6 Å². The maximum Gasteiger partial charge on any atom is 0.272 e. The number of nitrogens with zero attached hydrogens (tertiary/aromatic N) is 2. The molecule has 0 fully saturated rings. The number of hydrogen-bond acceptors (Lipinski definition) is 3. The van der Waals surface area contributed by atoms with Crippen molar-refractivity contribution >= 4 is 17.5 Å². The van der Waals surface area contributed by atoms with Crippen molar-refractivity contribution in [1.82, 2.24) is 15.1 Å². The fraction of sp³-hybridized carbons (Fsp3) is 0.200. The van der Waals surface area contributed by atoms with Gasteiger partial charge in [-0.15, -0.1) is 0 Å². The lowest BCUT2D eigenvalue weighted by atomic mass is 10.1. The summed E-state index contributed by atoms with van der Waals surface area (Å²) in [6.07, 6.45) is 1.71. The minimum absolute atomic E-state index is 0.0952. The van der Waals surface area contributed by atoms with Crippen LogP contribution in [0.5, 0.6) is 5.75 Å². The van der Waals surface area contributed by atoms with Gasteiger partial charge in [-0.25, -0.2) is 4.68 Å². The zero-order valence-electron chi connectivity index (χ0n) is 14.6. The lowest BCUT2D eigenvalue weighted by molar-refractivity contribution is 0.0932. The summed E-state index contributed by atoms with van der Waals surface area (Å²) in [5.74, 6) is 0.480. The van der Waals surface area contributed by atoms with Gasteiger partial charge in [0, 0.05) is 11.2 Å². The van der Waals surface area contributed by atoms with Gasteiger partial charge in [0.25, 0.3) is 5.91 Å². The van der Waals surface area contributed by atoms with E-state index in [1.54, 1.807) is 29.1 Å². The minimum Gasteiger partial charge on any atom is -0.471 e. The van der Waals surface area contributed by atoms with Crippen molar-refractivity contribution in [3.05, 3.63) is 82.6 Å². The highest BCUT2D eigenvalue weighted by Crippen LogP contribution is 2.21. The predicted octanol–water partition coefficient (Wildman–Crippen LogP) is 4.37. The number of ether oxygens (including phenoxy) is 1. The Balaban J connectivity index is 1.58. The fourth-order valence-corrected chi connectivity index (χ4v) is 2.62. The van der Waals surface area contributed by atoms with E-state index in [0.29, 0.717) is 16.5 Å². The van der Waals surface area contributed by atoms with Crippen LogP contribution in [0.3, 0.4) is 0 Å². The van der Waals surface area contributed by atoms with Crippen LogP contribution >= 0.6 is 11.6 Å². The summed E-state index contributed by atoms with van der Waals surface area (Å²) in [5.41, 5.74) is 2.34. The summed E-state index contributed by atoms with van der Waals surface area (Å²) < 4.78 is 7.26. The topological polar surface area (TPSA) is 56.1 Å². The molecule has 3 aromatic rings. The van der Waals surface area contributed by atoms with E-state index in [2.05, 4.69) is 10.4 Å². The third kappa shape index (κ3) is 4.43. The molecule has 2 aromatic carbocycles. The van der Waals surface area contributed by atoms with Gasteiger partial charge in [-0.1, -0.05) is 41.9 Å². The fourth-order valence-electron chi connectivity index (χ4n) is 2.50. The second-order valence-corrected chi connectivity index (χ2v) is 6.44. The maximum absolute atomic E-state index is 12.4. The van der Waals surface area contributed by atoms with Crippen molar-refractivity contribution in [2.45, 2.75) is 26.6 Å². The number of nitrogens with one attached hydrogen (secondary N) is 1. The molecule has 1 amide bonds. The molecule has 0 spiro atoms. The average molecular weight is 370 g/mol. The summed E-state index contributed by atoms with van der Waals surface area (Å²) in [6.45, 7) is 4.07. The number of carbonyl (C=O) groups excluding carboxylic acids is 1. The standard InChI is InChI=1S/C20H20ClN3O2/c1-14-12-17(8-9-18(14)21)26-13-24-11-10-19(23-24)20(25)22-15(2)16-6-4-3-5-7-16/h3-12,15H,13H2,1-2H3,(H,22,25). The number of aromatic nitrogens is 2. The zero-order valence-corrected chi connectivity index (χ0v) is 15.4. The van der Waals surface area contributed by atoms with Gasteiger partial charge < -0.3 is 10.1 Å². The molecule has 26 heavy (non-hydrogen) atoms. The van der Waals surface area contributed by atoms with E-state index in [4.69, 9.17) is 16.3 Å². The van der Waals surface area contributed by atoms with E-state index in [0.717, 1.165) is 11.1 Å². The molecule has 6 heteroatoms. The molecule has 0 aliphatic rings. The molecular formula is C20H20ClN3O2. The summed E-state index contributed by atoms with van der Waals surface area (Å²) in [5, 5.41) is 7.91. The third-order valence-corrected chi connectivity index (χ3v) is 4.44. The first-order valence-corrected chi connectivity index (χ1v) is 8.69. The number of rotatable bonds is 6. The van der Waals surface area contributed by atoms with Crippen LogP contribution in [0.15, 0.2) is 60.8 Å². The molecule has 0 bridgehead atoms. The van der Waals surface area contributed by atoms with E-state index in [9.17, 15) is 4.79 Å². The second-order valence-electron chi connectivity index (χ2n) is 6.03. The van der Waals surface area contributed by atoms with Crippen LogP contribution in [-0.4, -0.2) is 15.7 Å². The first kappa shape index (κ1) is 18.0. The predicted molar refractivity (Wildman–Crippen MR) is 101 cm³/mol. The maximum atomic E-state index is 12.4. The van der Waals surface area contributed by atoms with Crippen molar-refractivity contribution in [1.29, 1.82) is 0 Å². The number of benzene rings is 2.